The van der Waals surface area contributed by atoms with Crippen LogP contribution in [-0.2, 0) is 0 Å². The molecule has 2 rings (SSSR count). The molecule has 1 aromatic carbocycles. The van der Waals surface area contributed by atoms with Crippen molar-refractivity contribution < 1.29 is 9.53 Å². The zero-order valence-electron chi connectivity index (χ0n) is 8.81. The van der Waals surface area contributed by atoms with E-state index < -0.39 is 0 Å². The van der Waals surface area contributed by atoms with Crippen LogP contribution in [0.5, 0.6) is 5.75 Å². The minimum atomic E-state index is -0.209. The Labute approximate surface area is 110 Å². The van der Waals surface area contributed by atoms with E-state index in [9.17, 15) is 4.79 Å². The van der Waals surface area contributed by atoms with Gasteiger partial charge < -0.3 is 10.1 Å². The van der Waals surface area contributed by atoms with E-state index in [2.05, 4.69) is 30.8 Å². The fourth-order valence-corrected chi connectivity index (χ4v) is 2.17. The number of methoxy groups -OCH3 is 1. The molecular formula is C10H8BrN3O2S. The molecule has 0 aliphatic rings. The maximum Gasteiger partial charge on any atom is 0.256 e. The number of hydrogen-bond donors (Lipinski definition) is 1. The average Bonchev–Trinajstić information content (AvgIpc) is 2.81. The fourth-order valence-electron chi connectivity index (χ4n) is 1.21. The van der Waals surface area contributed by atoms with E-state index in [4.69, 9.17) is 4.74 Å². The third-order valence-corrected chi connectivity index (χ3v) is 3.21. The molecule has 0 saturated carbocycles. The van der Waals surface area contributed by atoms with Gasteiger partial charge in [-0.25, -0.2) is 0 Å². The molecule has 1 heterocycles. The summed E-state index contributed by atoms with van der Waals surface area (Å²) in [7, 11) is 1.57. The largest absolute Gasteiger partial charge is 0.496 e. The highest BCUT2D eigenvalue weighted by Gasteiger charge is 2.09. The van der Waals surface area contributed by atoms with Gasteiger partial charge >= 0.3 is 0 Å². The van der Waals surface area contributed by atoms with E-state index in [0.29, 0.717) is 16.3 Å². The van der Waals surface area contributed by atoms with Gasteiger partial charge in [-0.2, -0.15) is 0 Å². The lowest BCUT2D eigenvalue weighted by atomic mass is 10.2. The van der Waals surface area contributed by atoms with Crippen molar-refractivity contribution >= 4 is 38.4 Å². The molecule has 0 atom stereocenters. The van der Waals surface area contributed by atoms with Crippen LogP contribution in [-0.4, -0.2) is 22.6 Å². The Hall–Kier alpha value is -1.47. The quantitative estimate of drug-likeness (QED) is 0.946. The molecule has 0 aliphatic heterocycles. The molecule has 0 fully saturated rings. The molecule has 0 unspecified atom stereocenters. The minimum Gasteiger partial charge on any atom is -0.496 e. The number of ether oxygens (including phenoxy) is 1. The van der Waals surface area contributed by atoms with Gasteiger partial charge in [0.05, 0.1) is 17.8 Å². The van der Waals surface area contributed by atoms with Crippen LogP contribution in [0.1, 0.15) is 10.4 Å². The van der Waals surface area contributed by atoms with E-state index in [0.717, 1.165) is 16.0 Å². The summed E-state index contributed by atoms with van der Waals surface area (Å²) in [6, 6.07) is 5.11. The maximum atomic E-state index is 11.8. The molecule has 5 nitrogen and oxygen atoms in total. The van der Waals surface area contributed by atoms with Crippen LogP contribution in [0.15, 0.2) is 28.9 Å². The Morgan fingerprint density at radius 2 is 2.35 bits per heavy atom. The number of aromatic nitrogens is 2. The Bertz CT molecular complexity index is 530. The second kappa shape index (κ2) is 5.24. The Morgan fingerprint density at radius 3 is 2.94 bits per heavy atom. The van der Waals surface area contributed by atoms with Crippen molar-refractivity contribution in [2.45, 2.75) is 0 Å². The summed E-state index contributed by atoms with van der Waals surface area (Å²) < 4.78 is 9.48. The zero-order valence-corrected chi connectivity index (χ0v) is 11.2. The third-order valence-electron chi connectivity index (χ3n) is 2.01. The number of anilines is 1. The van der Waals surface area contributed by atoms with Gasteiger partial charge in [0.2, 0.25) is 0 Å². The molecular weight excluding hydrogens is 306 g/mol. The third kappa shape index (κ3) is 2.80. The van der Waals surface area contributed by atoms with Crippen molar-refractivity contribution in [1.82, 2.24) is 9.59 Å². The molecule has 0 aliphatic carbocycles. The molecule has 7 heteroatoms. The van der Waals surface area contributed by atoms with Gasteiger partial charge in [-0.3, -0.25) is 4.79 Å². The molecule has 2 aromatic rings. The first-order valence-electron chi connectivity index (χ1n) is 4.63. The predicted molar refractivity (Wildman–Crippen MR) is 68.6 cm³/mol. The normalized spacial score (nSPS) is 10.0. The van der Waals surface area contributed by atoms with Crippen molar-refractivity contribution in [2.24, 2.45) is 0 Å². The number of halogens is 1. The zero-order chi connectivity index (χ0) is 12.3. The van der Waals surface area contributed by atoms with Crippen molar-refractivity contribution in [3.8, 4) is 5.75 Å². The van der Waals surface area contributed by atoms with E-state index in [1.54, 1.807) is 25.3 Å². The van der Waals surface area contributed by atoms with Gasteiger partial charge in [0.15, 0.2) is 0 Å². The Kier molecular flexibility index (Phi) is 3.70. The number of rotatable bonds is 3. The number of nitrogens with one attached hydrogen (secondary N) is 1. The summed E-state index contributed by atoms with van der Waals surface area (Å²) in [6.45, 7) is 0. The highest BCUT2D eigenvalue weighted by atomic mass is 79.9. The van der Waals surface area contributed by atoms with Gasteiger partial charge in [0, 0.05) is 17.1 Å². The highest BCUT2D eigenvalue weighted by molar-refractivity contribution is 9.10. The van der Waals surface area contributed by atoms with Gasteiger partial charge in [-0.15, -0.1) is 5.10 Å². The van der Waals surface area contributed by atoms with E-state index >= 15 is 0 Å². The molecule has 17 heavy (non-hydrogen) atoms. The van der Waals surface area contributed by atoms with Crippen LogP contribution in [0, 0.1) is 0 Å². The molecule has 0 saturated heterocycles. The van der Waals surface area contributed by atoms with E-state index in [1.807, 2.05) is 0 Å². The summed E-state index contributed by atoms with van der Waals surface area (Å²) >= 11 is 4.45. The molecule has 0 radical (unpaired) electrons. The van der Waals surface area contributed by atoms with E-state index in [1.165, 1.54) is 6.20 Å². The first kappa shape index (κ1) is 12.0. The summed E-state index contributed by atoms with van der Waals surface area (Å²) in [5.74, 6) is 0.473. The van der Waals surface area contributed by atoms with Gasteiger partial charge in [-0.1, -0.05) is 4.49 Å². The number of benzene rings is 1. The molecule has 1 N–H and O–H groups in total. The first-order valence-corrected chi connectivity index (χ1v) is 6.19. The Balaban J connectivity index is 2.17. The van der Waals surface area contributed by atoms with Crippen molar-refractivity contribution in [1.29, 1.82) is 0 Å². The second-order valence-electron chi connectivity index (χ2n) is 3.09. The number of carbonyl (C=O) groups excluding carboxylic acids is 1. The van der Waals surface area contributed by atoms with Crippen LogP contribution < -0.4 is 10.1 Å². The summed E-state index contributed by atoms with van der Waals surface area (Å²) in [5.41, 5.74) is 0.533. The predicted octanol–water partition coefficient (Wildman–Crippen LogP) is 2.56. The molecule has 1 aromatic heterocycles. The van der Waals surface area contributed by atoms with Crippen LogP contribution in [0.4, 0.5) is 5.00 Å². The standard InChI is InChI=1S/C10H8BrN3O2S/c1-16-8-3-2-6(4-7(8)11)10(15)13-9-5-12-14-17-9/h2-5H,1H3,(H,13,15). The maximum absolute atomic E-state index is 11.8. The second-order valence-corrected chi connectivity index (χ2v) is 4.73. The van der Waals surface area contributed by atoms with Gasteiger partial charge in [0.25, 0.3) is 5.91 Å². The van der Waals surface area contributed by atoms with Crippen LogP contribution >= 0.6 is 27.5 Å². The Morgan fingerprint density at radius 1 is 1.53 bits per heavy atom. The van der Waals surface area contributed by atoms with Crippen LogP contribution in [0.25, 0.3) is 0 Å². The topological polar surface area (TPSA) is 64.1 Å². The van der Waals surface area contributed by atoms with Crippen molar-refractivity contribution in [3.05, 3.63) is 34.4 Å². The van der Waals surface area contributed by atoms with Crippen molar-refractivity contribution in [2.75, 3.05) is 12.4 Å². The van der Waals surface area contributed by atoms with Gasteiger partial charge in [0.1, 0.15) is 10.8 Å². The number of amides is 1. The smallest absolute Gasteiger partial charge is 0.256 e. The molecule has 1 amide bonds. The van der Waals surface area contributed by atoms with Crippen LogP contribution in [0.2, 0.25) is 0 Å². The number of nitrogens with zero attached hydrogens (tertiary/aromatic N) is 2. The molecule has 0 spiro atoms. The van der Waals surface area contributed by atoms with Crippen molar-refractivity contribution in [3.63, 3.8) is 0 Å². The minimum absolute atomic E-state index is 0.209. The highest BCUT2D eigenvalue weighted by Crippen LogP contribution is 2.26. The first-order chi connectivity index (χ1) is 8.20. The van der Waals surface area contributed by atoms with Crippen LogP contribution in [0.3, 0.4) is 0 Å². The lowest BCUT2D eigenvalue weighted by Crippen LogP contribution is -2.10. The average molecular weight is 314 g/mol. The monoisotopic (exact) mass is 313 g/mol. The lowest BCUT2D eigenvalue weighted by Gasteiger charge is -2.05. The fraction of sp³-hybridized carbons (Fsp3) is 0.100. The molecule has 0 bridgehead atoms. The lowest BCUT2D eigenvalue weighted by molar-refractivity contribution is 0.102. The van der Waals surface area contributed by atoms with E-state index in [-0.39, 0.29) is 5.91 Å². The summed E-state index contributed by atoms with van der Waals surface area (Å²) in [6.07, 6.45) is 1.50. The number of carbonyl (C=O) groups is 1. The molecule has 88 valence electrons. The summed E-state index contributed by atoms with van der Waals surface area (Å²) in [5, 5.41) is 6.95. The SMILES string of the molecule is COc1ccc(C(=O)Nc2cnns2)cc1Br. The summed E-state index contributed by atoms with van der Waals surface area (Å²) in [4.78, 5) is 11.8. The number of hydrogen-bond acceptors (Lipinski definition) is 5. The van der Waals surface area contributed by atoms with Gasteiger partial charge in [-0.05, 0) is 34.1 Å².